The molecule has 10 heteroatoms. The SMILES string of the molecule is O=C(NCCCn1c(C(F)(F)F)nc2cccnc21)Nc1ccccc1F. The monoisotopic (exact) mass is 381 g/mol. The van der Waals surface area contributed by atoms with E-state index in [2.05, 4.69) is 20.6 Å². The number of hydrogen-bond acceptors (Lipinski definition) is 3. The highest BCUT2D eigenvalue weighted by atomic mass is 19.4. The Hall–Kier alpha value is -3.17. The van der Waals surface area contributed by atoms with E-state index in [1.165, 1.54) is 36.5 Å². The summed E-state index contributed by atoms with van der Waals surface area (Å²) >= 11 is 0. The van der Waals surface area contributed by atoms with E-state index in [9.17, 15) is 22.4 Å². The fourth-order valence-electron chi connectivity index (χ4n) is 2.55. The molecule has 0 spiro atoms. The van der Waals surface area contributed by atoms with Crippen molar-refractivity contribution in [2.24, 2.45) is 0 Å². The van der Waals surface area contributed by atoms with Crippen LogP contribution in [-0.4, -0.2) is 27.1 Å². The van der Waals surface area contributed by atoms with Gasteiger partial charge in [0.05, 0.1) is 5.69 Å². The average Bonchev–Trinajstić information content (AvgIpc) is 3.00. The summed E-state index contributed by atoms with van der Waals surface area (Å²) in [6.07, 6.45) is -3.02. The molecule has 0 radical (unpaired) electrons. The smallest absolute Gasteiger partial charge is 0.338 e. The van der Waals surface area contributed by atoms with Crippen LogP contribution in [0.15, 0.2) is 42.6 Å². The molecule has 2 N–H and O–H groups in total. The molecule has 142 valence electrons. The predicted molar refractivity (Wildman–Crippen MR) is 90.6 cm³/mol. The second-order valence-corrected chi connectivity index (χ2v) is 5.65. The second-order valence-electron chi connectivity index (χ2n) is 5.65. The Morgan fingerprint density at radius 2 is 1.93 bits per heavy atom. The van der Waals surface area contributed by atoms with Gasteiger partial charge in [0, 0.05) is 19.3 Å². The molecule has 0 fully saturated rings. The van der Waals surface area contributed by atoms with Crippen LogP contribution in [0.25, 0.3) is 11.2 Å². The number of aryl methyl sites for hydroxylation is 1. The Kier molecular flexibility index (Phi) is 5.24. The third-order valence-electron chi connectivity index (χ3n) is 3.72. The minimum absolute atomic E-state index is 0.0131. The van der Waals surface area contributed by atoms with Crippen LogP contribution in [0.3, 0.4) is 0 Å². The Morgan fingerprint density at radius 3 is 2.67 bits per heavy atom. The van der Waals surface area contributed by atoms with Crippen LogP contribution in [0.5, 0.6) is 0 Å². The molecule has 2 heterocycles. The average molecular weight is 381 g/mol. The van der Waals surface area contributed by atoms with Gasteiger partial charge in [-0.05, 0) is 30.7 Å². The van der Waals surface area contributed by atoms with Gasteiger partial charge >= 0.3 is 12.2 Å². The van der Waals surface area contributed by atoms with E-state index in [4.69, 9.17) is 0 Å². The Balaban J connectivity index is 1.61. The second kappa shape index (κ2) is 7.60. The van der Waals surface area contributed by atoms with Crippen molar-refractivity contribution in [1.82, 2.24) is 19.9 Å². The number of carbonyl (C=O) groups excluding carboxylic acids is 1. The molecule has 0 saturated heterocycles. The van der Waals surface area contributed by atoms with Crippen LogP contribution in [0.2, 0.25) is 0 Å². The largest absolute Gasteiger partial charge is 0.449 e. The summed E-state index contributed by atoms with van der Waals surface area (Å²) in [5.74, 6) is -1.62. The molecule has 0 unspecified atom stereocenters. The van der Waals surface area contributed by atoms with Gasteiger partial charge in [0.2, 0.25) is 5.82 Å². The van der Waals surface area contributed by atoms with E-state index in [-0.39, 0.29) is 36.4 Å². The molecular weight excluding hydrogens is 366 g/mol. The van der Waals surface area contributed by atoms with Crippen molar-refractivity contribution < 1.29 is 22.4 Å². The number of pyridine rings is 1. The molecule has 1 aromatic carbocycles. The van der Waals surface area contributed by atoms with Gasteiger partial charge in [0.1, 0.15) is 11.3 Å². The standard InChI is InChI=1S/C17H15F4N5O/c18-11-5-1-2-6-12(11)25-16(27)23-9-4-10-26-14-13(7-3-8-22-14)24-15(26)17(19,20)21/h1-3,5-8H,4,9-10H2,(H2,23,25,27). The molecule has 0 aliphatic heterocycles. The Bertz CT molecular complexity index is 954. The zero-order valence-corrected chi connectivity index (χ0v) is 13.9. The van der Waals surface area contributed by atoms with Gasteiger partial charge in [0.15, 0.2) is 5.65 Å². The van der Waals surface area contributed by atoms with E-state index in [0.29, 0.717) is 0 Å². The first-order chi connectivity index (χ1) is 12.9. The number of anilines is 1. The third kappa shape index (κ3) is 4.33. The summed E-state index contributed by atoms with van der Waals surface area (Å²) in [4.78, 5) is 19.3. The summed E-state index contributed by atoms with van der Waals surface area (Å²) < 4.78 is 54.0. The van der Waals surface area contributed by atoms with Gasteiger partial charge in [-0.1, -0.05) is 12.1 Å². The van der Waals surface area contributed by atoms with E-state index in [1.807, 2.05) is 0 Å². The number of nitrogens with one attached hydrogen (secondary N) is 2. The number of nitrogens with zero attached hydrogens (tertiary/aromatic N) is 3. The fourth-order valence-corrected chi connectivity index (χ4v) is 2.55. The first-order valence-corrected chi connectivity index (χ1v) is 8.04. The third-order valence-corrected chi connectivity index (χ3v) is 3.72. The van der Waals surface area contributed by atoms with E-state index in [0.717, 1.165) is 4.57 Å². The zero-order valence-electron chi connectivity index (χ0n) is 13.9. The molecule has 0 saturated carbocycles. The zero-order chi connectivity index (χ0) is 19.4. The molecule has 2 aromatic heterocycles. The first kappa shape index (κ1) is 18.6. The van der Waals surface area contributed by atoms with Crippen LogP contribution < -0.4 is 10.6 Å². The number of fused-ring (bicyclic) bond motifs is 1. The quantitative estimate of drug-likeness (QED) is 0.522. The lowest BCUT2D eigenvalue weighted by Gasteiger charge is -2.12. The van der Waals surface area contributed by atoms with Crippen molar-refractivity contribution in [2.75, 3.05) is 11.9 Å². The van der Waals surface area contributed by atoms with Gasteiger partial charge < -0.3 is 15.2 Å². The molecule has 3 aromatic rings. The summed E-state index contributed by atoms with van der Waals surface area (Å²) in [7, 11) is 0. The molecule has 0 aliphatic carbocycles. The molecule has 27 heavy (non-hydrogen) atoms. The number of halogens is 4. The molecule has 0 atom stereocenters. The summed E-state index contributed by atoms with van der Waals surface area (Å²) in [6, 6.07) is 7.96. The molecule has 0 aliphatic rings. The highest BCUT2D eigenvalue weighted by Gasteiger charge is 2.37. The summed E-state index contributed by atoms with van der Waals surface area (Å²) in [5, 5.41) is 4.81. The van der Waals surface area contributed by atoms with E-state index >= 15 is 0 Å². The number of urea groups is 1. The molecule has 2 amide bonds. The number of carbonyl (C=O) groups is 1. The van der Waals surface area contributed by atoms with Crippen LogP contribution in [-0.2, 0) is 12.7 Å². The number of amides is 2. The number of benzene rings is 1. The Morgan fingerprint density at radius 1 is 1.15 bits per heavy atom. The lowest BCUT2D eigenvalue weighted by Crippen LogP contribution is -2.30. The summed E-state index contributed by atoms with van der Waals surface area (Å²) in [5.41, 5.74) is 0.287. The number of aromatic nitrogens is 3. The number of para-hydroxylation sites is 1. The highest BCUT2D eigenvalue weighted by molar-refractivity contribution is 5.89. The number of imidazole rings is 1. The lowest BCUT2D eigenvalue weighted by molar-refractivity contribution is -0.147. The summed E-state index contributed by atoms with van der Waals surface area (Å²) in [6.45, 7) is 0.0480. The fraction of sp³-hybridized carbons (Fsp3) is 0.235. The Labute approximate surface area is 151 Å². The number of alkyl halides is 3. The number of rotatable bonds is 5. The highest BCUT2D eigenvalue weighted by Crippen LogP contribution is 2.30. The van der Waals surface area contributed by atoms with Crippen molar-refractivity contribution >= 4 is 22.9 Å². The topological polar surface area (TPSA) is 71.8 Å². The van der Waals surface area contributed by atoms with Crippen molar-refractivity contribution in [1.29, 1.82) is 0 Å². The van der Waals surface area contributed by atoms with Gasteiger partial charge in [-0.15, -0.1) is 0 Å². The van der Waals surface area contributed by atoms with Gasteiger partial charge in [-0.3, -0.25) is 0 Å². The van der Waals surface area contributed by atoms with Gasteiger partial charge in [-0.25, -0.2) is 19.2 Å². The number of hydrogen-bond donors (Lipinski definition) is 2. The van der Waals surface area contributed by atoms with Gasteiger partial charge in [-0.2, -0.15) is 13.2 Å². The van der Waals surface area contributed by atoms with Crippen LogP contribution in [0.1, 0.15) is 12.2 Å². The molecule has 3 rings (SSSR count). The normalized spacial score (nSPS) is 11.6. The van der Waals surface area contributed by atoms with Crippen molar-refractivity contribution in [3.05, 3.63) is 54.2 Å². The first-order valence-electron chi connectivity index (χ1n) is 8.04. The van der Waals surface area contributed by atoms with Crippen molar-refractivity contribution in [2.45, 2.75) is 19.1 Å². The maximum absolute atomic E-state index is 13.5. The van der Waals surface area contributed by atoms with Crippen LogP contribution in [0, 0.1) is 5.82 Å². The lowest BCUT2D eigenvalue weighted by atomic mass is 10.3. The van der Waals surface area contributed by atoms with E-state index < -0.39 is 23.8 Å². The molecular formula is C17H15F4N5O. The van der Waals surface area contributed by atoms with Gasteiger partial charge in [0.25, 0.3) is 0 Å². The minimum atomic E-state index is -4.61. The van der Waals surface area contributed by atoms with Crippen molar-refractivity contribution in [3.8, 4) is 0 Å². The maximum atomic E-state index is 13.5. The molecule has 0 bridgehead atoms. The van der Waals surface area contributed by atoms with Crippen molar-refractivity contribution in [3.63, 3.8) is 0 Å². The molecule has 6 nitrogen and oxygen atoms in total. The predicted octanol–water partition coefficient (Wildman–Crippen LogP) is 3.80. The van der Waals surface area contributed by atoms with E-state index in [1.54, 1.807) is 6.07 Å². The minimum Gasteiger partial charge on any atom is -0.338 e. The van der Waals surface area contributed by atoms with Crippen LogP contribution in [0.4, 0.5) is 28.0 Å². The maximum Gasteiger partial charge on any atom is 0.449 e. The van der Waals surface area contributed by atoms with Crippen LogP contribution >= 0.6 is 0 Å².